The van der Waals surface area contributed by atoms with Crippen LogP contribution in [0, 0.1) is 19.7 Å². The van der Waals surface area contributed by atoms with Gasteiger partial charge in [-0.05, 0) is 66.4 Å². The fraction of sp³-hybridized carbons (Fsp3) is 0.148. The van der Waals surface area contributed by atoms with Crippen molar-refractivity contribution in [1.29, 1.82) is 0 Å². The molecule has 0 aliphatic carbocycles. The predicted molar refractivity (Wildman–Crippen MR) is 132 cm³/mol. The Kier molecular flexibility index (Phi) is 6.71. The molecule has 3 aromatic carbocycles. The van der Waals surface area contributed by atoms with Gasteiger partial charge < -0.3 is 4.74 Å². The number of rotatable bonds is 5. The molecule has 4 amide bonds. The maximum Gasteiger partial charge on any atom is 0.335 e. The third-order valence-corrected chi connectivity index (χ3v) is 6.08. The molecule has 1 N–H and O–H groups in total. The molecule has 1 saturated heterocycles. The number of carbonyl (C=O) groups excluding carboxylic acids is 3. The van der Waals surface area contributed by atoms with E-state index in [0.717, 1.165) is 10.5 Å². The van der Waals surface area contributed by atoms with Crippen molar-refractivity contribution in [2.24, 2.45) is 0 Å². The van der Waals surface area contributed by atoms with E-state index in [1.807, 2.05) is 13.0 Å². The molecular formula is C27H22ClFN2O4. The van der Waals surface area contributed by atoms with Crippen molar-refractivity contribution in [3.63, 3.8) is 0 Å². The van der Waals surface area contributed by atoms with Gasteiger partial charge in [0, 0.05) is 17.0 Å². The van der Waals surface area contributed by atoms with Crippen LogP contribution in [-0.4, -0.2) is 25.0 Å². The molecule has 8 heteroatoms. The third-order valence-electron chi connectivity index (χ3n) is 5.74. The zero-order valence-electron chi connectivity index (χ0n) is 19.3. The molecule has 1 aliphatic heterocycles. The molecule has 1 heterocycles. The van der Waals surface area contributed by atoms with E-state index < -0.39 is 17.8 Å². The van der Waals surface area contributed by atoms with Crippen molar-refractivity contribution < 1.29 is 23.5 Å². The van der Waals surface area contributed by atoms with E-state index in [1.54, 1.807) is 49.4 Å². The molecule has 6 nitrogen and oxygen atoms in total. The molecule has 35 heavy (non-hydrogen) atoms. The van der Waals surface area contributed by atoms with Gasteiger partial charge in [-0.3, -0.25) is 14.9 Å². The van der Waals surface area contributed by atoms with Crippen molar-refractivity contribution >= 4 is 41.2 Å². The second-order valence-corrected chi connectivity index (χ2v) is 8.61. The number of methoxy groups -OCH3 is 1. The number of halogens is 2. The van der Waals surface area contributed by atoms with E-state index in [9.17, 15) is 18.8 Å². The van der Waals surface area contributed by atoms with Crippen LogP contribution in [0.3, 0.4) is 0 Å². The van der Waals surface area contributed by atoms with Gasteiger partial charge in [0.15, 0.2) is 0 Å². The van der Waals surface area contributed by atoms with Gasteiger partial charge in [-0.15, -0.1) is 0 Å². The highest BCUT2D eigenvalue weighted by molar-refractivity contribution is 6.39. The first-order chi connectivity index (χ1) is 16.7. The Morgan fingerprint density at radius 3 is 2.51 bits per heavy atom. The maximum absolute atomic E-state index is 14.2. The van der Waals surface area contributed by atoms with Crippen LogP contribution in [0.5, 0.6) is 5.75 Å². The van der Waals surface area contributed by atoms with Crippen LogP contribution in [0.15, 0.2) is 60.2 Å². The molecule has 1 aliphatic rings. The number of carbonyl (C=O) groups is 3. The number of benzene rings is 3. The molecular weight excluding hydrogens is 471 g/mol. The number of barbiturate groups is 1. The van der Waals surface area contributed by atoms with Gasteiger partial charge in [0.1, 0.15) is 17.1 Å². The van der Waals surface area contributed by atoms with Gasteiger partial charge in [-0.2, -0.15) is 0 Å². The second-order valence-electron chi connectivity index (χ2n) is 8.20. The van der Waals surface area contributed by atoms with Crippen molar-refractivity contribution in [3.05, 3.63) is 98.8 Å². The number of imide groups is 2. The summed E-state index contributed by atoms with van der Waals surface area (Å²) in [6, 6.07) is 14.1. The number of hydrogen-bond acceptors (Lipinski definition) is 4. The zero-order chi connectivity index (χ0) is 25.3. The minimum Gasteiger partial charge on any atom is -0.496 e. The Hall–Kier alpha value is -3.97. The van der Waals surface area contributed by atoms with E-state index >= 15 is 0 Å². The standard InChI is InChI=1S/C27H22ClFN2O4/c1-15-8-9-16(2)23(10-15)31-26(33)20(25(32)30-27(31)34)11-17-12-21(28)19(24(13-17)35-3)14-18-6-4-5-7-22(18)29/h4-13H,14H2,1-3H3,(H,30,32,34)/b20-11+. The highest BCUT2D eigenvalue weighted by Gasteiger charge is 2.37. The summed E-state index contributed by atoms with van der Waals surface area (Å²) in [4.78, 5) is 39.3. The van der Waals surface area contributed by atoms with Gasteiger partial charge in [0.25, 0.3) is 11.8 Å². The average Bonchev–Trinajstić information content (AvgIpc) is 2.81. The Bertz CT molecular complexity index is 1400. The first-order valence-corrected chi connectivity index (χ1v) is 11.2. The highest BCUT2D eigenvalue weighted by atomic mass is 35.5. The van der Waals surface area contributed by atoms with Crippen molar-refractivity contribution in [2.45, 2.75) is 20.3 Å². The van der Waals surface area contributed by atoms with E-state index in [1.165, 1.54) is 19.3 Å². The van der Waals surface area contributed by atoms with Crippen LogP contribution in [0.2, 0.25) is 5.02 Å². The van der Waals surface area contributed by atoms with Crippen molar-refractivity contribution in [1.82, 2.24) is 5.32 Å². The topological polar surface area (TPSA) is 75.7 Å². The molecule has 0 saturated carbocycles. The summed E-state index contributed by atoms with van der Waals surface area (Å²) in [5.74, 6) is -1.55. The average molecular weight is 493 g/mol. The lowest BCUT2D eigenvalue weighted by Crippen LogP contribution is -2.54. The molecule has 0 aromatic heterocycles. The van der Waals surface area contributed by atoms with Gasteiger partial charge in [-0.25, -0.2) is 14.1 Å². The highest BCUT2D eigenvalue weighted by Crippen LogP contribution is 2.33. The number of urea groups is 1. The number of aryl methyl sites for hydroxylation is 2. The lowest BCUT2D eigenvalue weighted by Gasteiger charge is -2.28. The van der Waals surface area contributed by atoms with Crippen LogP contribution < -0.4 is 15.0 Å². The summed E-state index contributed by atoms with van der Waals surface area (Å²) in [6.45, 7) is 3.61. The van der Waals surface area contributed by atoms with Crippen molar-refractivity contribution in [2.75, 3.05) is 12.0 Å². The van der Waals surface area contributed by atoms with E-state index in [0.29, 0.717) is 33.7 Å². The number of nitrogens with one attached hydrogen (secondary N) is 1. The van der Waals surface area contributed by atoms with E-state index in [4.69, 9.17) is 16.3 Å². The number of hydrogen-bond donors (Lipinski definition) is 1. The van der Waals surface area contributed by atoms with Gasteiger partial charge in [-0.1, -0.05) is 41.9 Å². The first kappa shape index (κ1) is 24.2. The summed E-state index contributed by atoms with van der Waals surface area (Å²) in [5.41, 5.74) is 3.15. The van der Waals surface area contributed by atoms with Gasteiger partial charge in [0.2, 0.25) is 0 Å². The Balaban J connectivity index is 1.73. The third kappa shape index (κ3) is 4.81. The largest absolute Gasteiger partial charge is 0.496 e. The van der Waals surface area contributed by atoms with Gasteiger partial charge in [0.05, 0.1) is 12.8 Å². The van der Waals surface area contributed by atoms with Crippen LogP contribution in [0.4, 0.5) is 14.9 Å². The summed E-state index contributed by atoms with van der Waals surface area (Å²) in [5, 5.41) is 2.50. The minimum atomic E-state index is -0.818. The monoisotopic (exact) mass is 492 g/mol. The number of ether oxygens (including phenoxy) is 1. The Labute approximate surface area is 207 Å². The smallest absolute Gasteiger partial charge is 0.335 e. The van der Waals surface area contributed by atoms with Crippen LogP contribution >= 0.6 is 11.6 Å². The summed E-state index contributed by atoms with van der Waals surface area (Å²) in [7, 11) is 1.45. The predicted octanol–water partition coefficient (Wildman–Crippen LogP) is 5.36. The molecule has 1 fully saturated rings. The Morgan fingerprint density at radius 1 is 1.06 bits per heavy atom. The molecule has 0 atom stereocenters. The molecule has 3 aromatic rings. The molecule has 178 valence electrons. The van der Waals surface area contributed by atoms with Crippen LogP contribution in [0.1, 0.15) is 27.8 Å². The molecule has 0 radical (unpaired) electrons. The second kappa shape index (κ2) is 9.72. The summed E-state index contributed by atoms with van der Waals surface area (Å²) >= 11 is 6.51. The normalized spacial score (nSPS) is 14.9. The first-order valence-electron chi connectivity index (χ1n) is 10.8. The van der Waals surface area contributed by atoms with Crippen LogP contribution in [0.25, 0.3) is 6.08 Å². The fourth-order valence-electron chi connectivity index (χ4n) is 3.90. The van der Waals surface area contributed by atoms with E-state index in [2.05, 4.69) is 5.32 Å². The fourth-order valence-corrected chi connectivity index (χ4v) is 4.19. The molecule has 4 rings (SSSR count). The number of anilines is 1. The zero-order valence-corrected chi connectivity index (χ0v) is 20.1. The van der Waals surface area contributed by atoms with Gasteiger partial charge >= 0.3 is 6.03 Å². The summed E-state index contributed by atoms with van der Waals surface area (Å²) < 4.78 is 19.6. The Morgan fingerprint density at radius 2 is 1.80 bits per heavy atom. The van der Waals surface area contributed by atoms with E-state index in [-0.39, 0.29) is 22.8 Å². The molecule has 0 bridgehead atoms. The maximum atomic E-state index is 14.2. The SMILES string of the molecule is COc1cc(/C=C2\C(=O)NC(=O)N(c3cc(C)ccc3C)C2=O)cc(Cl)c1Cc1ccccc1F. The van der Waals surface area contributed by atoms with Crippen molar-refractivity contribution in [3.8, 4) is 5.75 Å². The number of amides is 4. The number of nitrogens with zero attached hydrogens (tertiary/aromatic N) is 1. The quantitative estimate of drug-likeness (QED) is 0.384. The minimum absolute atomic E-state index is 0.194. The lowest BCUT2D eigenvalue weighted by molar-refractivity contribution is -0.122. The summed E-state index contributed by atoms with van der Waals surface area (Å²) in [6.07, 6.45) is 1.55. The molecule has 0 spiro atoms. The lowest BCUT2D eigenvalue weighted by atomic mass is 10.00. The van der Waals surface area contributed by atoms with Crippen LogP contribution in [-0.2, 0) is 16.0 Å². The molecule has 0 unspecified atom stereocenters.